The lowest BCUT2D eigenvalue weighted by Gasteiger charge is -2.33. The number of alkyl halides is 3. The number of para-hydroxylation sites is 1. The third kappa shape index (κ3) is 3.80. The molecule has 6 nitrogen and oxygen atoms in total. The Labute approximate surface area is 171 Å². The normalized spacial score (nSPS) is 16.2. The van der Waals surface area contributed by atoms with E-state index in [9.17, 15) is 26.4 Å². The van der Waals surface area contributed by atoms with Crippen LogP contribution in [0.5, 0.6) is 0 Å². The van der Waals surface area contributed by atoms with Crippen LogP contribution in [-0.2, 0) is 16.2 Å². The number of sulfonamides is 1. The number of hydrogen-bond acceptors (Lipinski definition) is 3. The molecule has 1 amide bonds. The monoisotopic (exact) mass is 437 g/mol. The Morgan fingerprint density at radius 3 is 2.30 bits per heavy atom. The van der Waals surface area contributed by atoms with Gasteiger partial charge in [-0.05, 0) is 30.3 Å². The second-order valence-electron chi connectivity index (χ2n) is 6.99. The summed E-state index contributed by atoms with van der Waals surface area (Å²) in [5, 5.41) is 0.895. The standard InChI is InChI=1S/C20H18F3N3O3S/c21-20(22,23)15-5-3-6-16(13-15)30(28,29)26-10-8-25(9-11-26)19(27)18-12-14-4-1-2-7-17(14)24-18/h1-7,12-13,24H,8-11H2. The summed E-state index contributed by atoms with van der Waals surface area (Å²) >= 11 is 0. The largest absolute Gasteiger partial charge is 0.416 e. The van der Waals surface area contributed by atoms with Crippen LogP contribution in [0.25, 0.3) is 10.9 Å². The Balaban J connectivity index is 1.48. The maximum Gasteiger partial charge on any atom is 0.416 e. The molecular weight excluding hydrogens is 419 g/mol. The number of nitrogens with one attached hydrogen (secondary N) is 1. The Hall–Kier alpha value is -2.85. The zero-order valence-corrected chi connectivity index (χ0v) is 16.5. The smallest absolute Gasteiger partial charge is 0.351 e. The number of hydrogen-bond donors (Lipinski definition) is 1. The van der Waals surface area contributed by atoms with Crippen molar-refractivity contribution < 1.29 is 26.4 Å². The minimum Gasteiger partial charge on any atom is -0.351 e. The minimum absolute atomic E-state index is 0.00451. The lowest BCUT2D eigenvalue weighted by Crippen LogP contribution is -2.50. The molecule has 0 aliphatic carbocycles. The fourth-order valence-electron chi connectivity index (χ4n) is 3.47. The number of H-pyrrole nitrogens is 1. The number of rotatable bonds is 3. The van der Waals surface area contributed by atoms with E-state index in [1.165, 1.54) is 4.90 Å². The molecule has 158 valence electrons. The number of halogens is 3. The van der Waals surface area contributed by atoms with Crippen LogP contribution in [0.2, 0.25) is 0 Å². The van der Waals surface area contributed by atoms with Crippen molar-refractivity contribution in [2.75, 3.05) is 26.2 Å². The van der Waals surface area contributed by atoms with E-state index in [0.29, 0.717) is 11.8 Å². The molecule has 1 N–H and O–H groups in total. The number of piperazine rings is 1. The zero-order valence-electron chi connectivity index (χ0n) is 15.7. The predicted molar refractivity (Wildman–Crippen MR) is 104 cm³/mol. The highest BCUT2D eigenvalue weighted by Gasteiger charge is 2.34. The van der Waals surface area contributed by atoms with Crippen LogP contribution in [0.3, 0.4) is 0 Å². The summed E-state index contributed by atoms with van der Waals surface area (Å²) < 4.78 is 65.4. The number of nitrogens with zero attached hydrogens (tertiary/aromatic N) is 2. The molecule has 3 aromatic rings. The molecule has 1 fully saturated rings. The van der Waals surface area contributed by atoms with Crippen molar-refractivity contribution in [3.63, 3.8) is 0 Å². The van der Waals surface area contributed by atoms with E-state index in [4.69, 9.17) is 0 Å². The van der Waals surface area contributed by atoms with Gasteiger partial charge in [-0.2, -0.15) is 17.5 Å². The summed E-state index contributed by atoms with van der Waals surface area (Å²) in [4.78, 5) is 16.9. The first-order chi connectivity index (χ1) is 14.2. The van der Waals surface area contributed by atoms with Gasteiger partial charge in [0, 0.05) is 37.1 Å². The van der Waals surface area contributed by atoms with Gasteiger partial charge in [-0.1, -0.05) is 24.3 Å². The molecule has 4 rings (SSSR count). The van der Waals surface area contributed by atoms with Crippen LogP contribution in [0.1, 0.15) is 16.1 Å². The van der Waals surface area contributed by atoms with Crippen LogP contribution >= 0.6 is 0 Å². The van der Waals surface area contributed by atoms with Gasteiger partial charge in [0.25, 0.3) is 5.91 Å². The van der Waals surface area contributed by atoms with Crippen LogP contribution in [0, 0.1) is 0 Å². The number of aromatic nitrogens is 1. The minimum atomic E-state index is -4.63. The number of benzene rings is 2. The third-order valence-electron chi connectivity index (χ3n) is 5.09. The molecule has 1 aromatic heterocycles. The zero-order chi connectivity index (χ0) is 21.5. The maximum atomic E-state index is 12.9. The van der Waals surface area contributed by atoms with Gasteiger partial charge in [0.2, 0.25) is 10.0 Å². The van der Waals surface area contributed by atoms with Crippen molar-refractivity contribution in [3.05, 3.63) is 65.9 Å². The molecule has 1 aliphatic heterocycles. The molecule has 30 heavy (non-hydrogen) atoms. The quantitative estimate of drug-likeness (QED) is 0.683. The average Bonchev–Trinajstić information content (AvgIpc) is 3.17. The molecule has 10 heteroatoms. The average molecular weight is 437 g/mol. The SMILES string of the molecule is O=C(c1cc2ccccc2[nH]1)N1CCN(S(=O)(=O)c2cccc(C(F)(F)F)c2)CC1. The van der Waals surface area contributed by atoms with E-state index < -0.39 is 26.7 Å². The van der Waals surface area contributed by atoms with Crippen molar-refractivity contribution >= 4 is 26.8 Å². The summed E-state index contributed by atoms with van der Waals surface area (Å²) in [5.74, 6) is -0.248. The number of carbonyl (C=O) groups excluding carboxylic acids is 1. The van der Waals surface area contributed by atoms with Crippen molar-refractivity contribution in [2.24, 2.45) is 0 Å². The van der Waals surface area contributed by atoms with E-state index in [-0.39, 0.29) is 32.1 Å². The van der Waals surface area contributed by atoms with Crippen LogP contribution in [0.15, 0.2) is 59.5 Å². The van der Waals surface area contributed by atoms with Crippen LogP contribution < -0.4 is 0 Å². The van der Waals surface area contributed by atoms with Crippen LogP contribution in [0.4, 0.5) is 13.2 Å². The molecule has 1 aliphatic rings. The third-order valence-corrected chi connectivity index (χ3v) is 6.98. The summed E-state index contributed by atoms with van der Waals surface area (Å²) in [6.45, 7) is 0.299. The number of carbonyl (C=O) groups is 1. The molecule has 1 saturated heterocycles. The highest BCUT2D eigenvalue weighted by atomic mass is 32.2. The number of aromatic amines is 1. The highest BCUT2D eigenvalue weighted by Crippen LogP contribution is 2.31. The summed E-state index contributed by atoms with van der Waals surface area (Å²) in [6, 6.07) is 12.9. The van der Waals surface area contributed by atoms with E-state index in [1.807, 2.05) is 24.3 Å². The number of fused-ring (bicyclic) bond motifs is 1. The van der Waals surface area contributed by atoms with Gasteiger partial charge < -0.3 is 9.88 Å². The molecule has 0 spiro atoms. The molecule has 0 bridgehead atoms. The van der Waals surface area contributed by atoms with Gasteiger partial charge in [0.1, 0.15) is 5.69 Å². The van der Waals surface area contributed by atoms with Gasteiger partial charge in [-0.15, -0.1) is 0 Å². The fraction of sp³-hybridized carbons (Fsp3) is 0.250. The van der Waals surface area contributed by atoms with Crippen molar-refractivity contribution in [1.29, 1.82) is 0 Å². The van der Waals surface area contributed by atoms with Gasteiger partial charge in [-0.25, -0.2) is 8.42 Å². The molecular formula is C20H18F3N3O3S. The van der Waals surface area contributed by atoms with Crippen LogP contribution in [-0.4, -0.2) is 54.7 Å². The topological polar surface area (TPSA) is 73.5 Å². The van der Waals surface area contributed by atoms with Gasteiger partial charge in [0.15, 0.2) is 0 Å². The summed E-state index contributed by atoms with van der Waals surface area (Å²) in [5.41, 5.74) is 0.216. The second-order valence-corrected chi connectivity index (χ2v) is 8.93. The second kappa shape index (κ2) is 7.44. The van der Waals surface area contributed by atoms with Crippen molar-refractivity contribution in [1.82, 2.24) is 14.2 Å². The van der Waals surface area contributed by atoms with Crippen molar-refractivity contribution in [2.45, 2.75) is 11.1 Å². The number of amides is 1. The highest BCUT2D eigenvalue weighted by molar-refractivity contribution is 7.89. The Morgan fingerprint density at radius 2 is 1.63 bits per heavy atom. The molecule has 0 radical (unpaired) electrons. The predicted octanol–water partition coefficient (Wildman–Crippen LogP) is 3.33. The van der Waals surface area contributed by atoms with E-state index in [1.54, 1.807) is 6.07 Å². The Morgan fingerprint density at radius 1 is 0.933 bits per heavy atom. The van der Waals surface area contributed by atoms with Gasteiger partial charge >= 0.3 is 6.18 Å². The first kappa shape index (κ1) is 20.4. The molecule has 2 aromatic carbocycles. The van der Waals surface area contributed by atoms with Crippen molar-refractivity contribution in [3.8, 4) is 0 Å². The van der Waals surface area contributed by atoms with Gasteiger partial charge in [-0.3, -0.25) is 4.79 Å². The van der Waals surface area contributed by atoms with Gasteiger partial charge in [0.05, 0.1) is 10.5 Å². The fourth-order valence-corrected chi connectivity index (χ4v) is 4.94. The molecule has 0 atom stereocenters. The molecule has 0 unspecified atom stereocenters. The Bertz CT molecular complexity index is 1160. The summed E-state index contributed by atoms with van der Waals surface area (Å²) in [7, 11) is -4.09. The van der Waals surface area contributed by atoms with E-state index in [0.717, 1.165) is 33.4 Å². The molecule has 0 saturated carbocycles. The van der Waals surface area contributed by atoms with E-state index in [2.05, 4.69) is 4.98 Å². The Kier molecular flexibility index (Phi) is 5.07. The lowest BCUT2D eigenvalue weighted by atomic mass is 10.2. The first-order valence-corrected chi connectivity index (χ1v) is 10.6. The lowest BCUT2D eigenvalue weighted by molar-refractivity contribution is -0.137. The maximum absolute atomic E-state index is 12.9. The first-order valence-electron chi connectivity index (χ1n) is 9.21. The summed E-state index contributed by atoms with van der Waals surface area (Å²) in [6.07, 6.45) is -4.63. The molecule has 2 heterocycles. The van der Waals surface area contributed by atoms with E-state index >= 15 is 0 Å².